The van der Waals surface area contributed by atoms with Crippen LogP contribution in [0.3, 0.4) is 0 Å². The maximum Gasteiger partial charge on any atom is 0.470 e. The predicted octanol–water partition coefficient (Wildman–Crippen LogP) is 26.5. The zero-order chi connectivity index (χ0) is 99.4. The number of phosphoric acid groups is 1. The van der Waals surface area contributed by atoms with Gasteiger partial charge < -0.3 is 78.7 Å². The Morgan fingerprint density at radius 3 is 0.875 bits per heavy atom. The molecule has 2 heterocycles. The van der Waals surface area contributed by atoms with Crippen molar-refractivity contribution in [2.45, 2.75) is 648 Å². The van der Waals surface area contributed by atoms with Crippen LogP contribution in [0.15, 0.2) is 0 Å². The number of carbonyl (C=O) groups is 7. The molecule has 26 heteroatoms. The van der Waals surface area contributed by atoms with E-state index in [0.29, 0.717) is 57.8 Å². The smallest absolute Gasteiger partial charge is 0.462 e. The fourth-order valence-electron chi connectivity index (χ4n) is 19.0. The second kappa shape index (κ2) is 88.8. The van der Waals surface area contributed by atoms with Crippen molar-refractivity contribution in [3.05, 3.63) is 0 Å². The Hall–Kier alpha value is -3.88. The van der Waals surface area contributed by atoms with E-state index in [0.717, 1.165) is 244 Å². The lowest BCUT2D eigenvalue weighted by atomic mass is 9.95. The standard InChI is InChI=1S/C110H207N2O23P/c1-8-15-22-29-36-43-46-53-60-67-74-81-98(117)128-91(78-71-64-57-50-40-33-26-19-12-5)85-96(115)111-103-107(133-101(120)84-90(114)77-70-63-56-49-39-32-25-18-11-4)105(122)95(131-109(103)123)89-127-110-104(112-97(116)86-92(79-72-65-58-51-41-34-27-20-13-6)129-99(118)82-75-68-61-54-47-44-37-30-23-16-9-2)108(106(94(88-113)132-110)135-136(124,125)126)134-102(121)87-93(80-73-66-59-52-42-35-28-21-14-7)130-100(119)83-76-69-62-55-48-45-38-31-24-17-10-3/h90-95,103-110,113-114,122-123H,8-89H2,1-7H3,(H,111,115)(H,112,116)(H2,124,125,126)/t90-,91-,92-,93-,94-,95-,103-,104-,105-,106-,107-,108-,109-,110-/m1/s1. The Morgan fingerprint density at radius 1 is 0.309 bits per heavy atom. The van der Waals surface area contributed by atoms with E-state index in [2.05, 4.69) is 59.1 Å². The van der Waals surface area contributed by atoms with Crippen molar-refractivity contribution in [2.24, 2.45) is 0 Å². The first-order valence-electron chi connectivity index (χ1n) is 56.9. The van der Waals surface area contributed by atoms with Gasteiger partial charge >= 0.3 is 37.7 Å². The number of nitrogens with one attached hydrogen (secondary N) is 2. The van der Waals surface area contributed by atoms with Crippen molar-refractivity contribution in [3.63, 3.8) is 0 Å². The number of rotatable bonds is 97. The van der Waals surface area contributed by atoms with E-state index in [-0.39, 0.29) is 38.5 Å². The Bertz CT molecular complexity index is 2890. The summed E-state index contributed by atoms with van der Waals surface area (Å²) in [5, 5.41) is 53.3. The van der Waals surface area contributed by atoms with Crippen LogP contribution in [-0.2, 0) is 80.5 Å². The van der Waals surface area contributed by atoms with Gasteiger partial charge in [-0.3, -0.25) is 38.1 Å². The summed E-state index contributed by atoms with van der Waals surface area (Å²) >= 11 is 0. The highest BCUT2D eigenvalue weighted by atomic mass is 31.2. The van der Waals surface area contributed by atoms with E-state index < -0.39 is 168 Å². The summed E-state index contributed by atoms with van der Waals surface area (Å²) in [7, 11) is -5.65. The number of unbranched alkanes of at least 4 members (excludes halogenated alkanes) is 62. The minimum absolute atomic E-state index is 0.105. The highest BCUT2D eigenvalue weighted by molar-refractivity contribution is 7.46. The summed E-state index contributed by atoms with van der Waals surface area (Å²) in [5.41, 5.74) is 0. The van der Waals surface area contributed by atoms with Crippen LogP contribution in [0.2, 0.25) is 0 Å². The molecule has 0 unspecified atom stereocenters. The Kier molecular flexibility index (Phi) is 83.7. The van der Waals surface area contributed by atoms with Gasteiger partial charge in [0.1, 0.15) is 54.8 Å². The van der Waals surface area contributed by atoms with E-state index in [9.17, 15) is 58.8 Å². The van der Waals surface area contributed by atoms with E-state index in [4.69, 9.17) is 42.4 Å². The SMILES string of the molecule is CCCCCCCCCCCCCC(=O)O[C@H](CCCCCCCCCCC)CC(=O)N[C@@H]1[C@@H](OC(=O)C[C@H](O)CCCCCCCCCCC)[C@H](O)[C@@H](CO[C@@H]2O[C@H](CO)[C@@H](OP(=O)(O)O)[C@H](OC(=O)C[C@@H](CCCCCCCCCCC)OC(=O)CCCCCCCCCCCCC)[C@H]2NC(=O)C[C@@H](CCCCCCCCCCC)OC(=O)CCCCCCCCCCCCC)O[C@H]1O. The number of hydrogen-bond acceptors (Lipinski definition) is 21. The number of ether oxygens (including phenoxy) is 8. The van der Waals surface area contributed by atoms with Crippen LogP contribution in [-0.4, -0.2) is 171 Å². The third-order valence-electron chi connectivity index (χ3n) is 27.4. The largest absolute Gasteiger partial charge is 0.470 e. The highest BCUT2D eigenvalue weighted by Crippen LogP contribution is 2.43. The monoisotopic (exact) mass is 1960 g/mol. The molecule has 0 aromatic carbocycles. The molecule has 2 aliphatic heterocycles. The number of aliphatic hydroxyl groups is 4. The molecule has 0 aromatic rings. The fourth-order valence-corrected chi connectivity index (χ4v) is 19.6. The molecule has 0 radical (unpaired) electrons. The predicted molar refractivity (Wildman–Crippen MR) is 544 cm³/mol. The third-order valence-corrected chi connectivity index (χ3v) is 27.9. The molecule has 2 fully saturated rings. The van der Waals surface area contributed by atoms with Crippen molar-refractivity contribution in [1.82, 2.24) is 10.6 Å². The molecule has 2 amide bonds. The number of amides is 2. The minimum atomic E-state index is -5.65. The Balaban J connectivity index is 2.83. The minimum Gasteiger partial charge on any atom is -0.462 e. The molecule has 2 rings (SSSR count). The van der Waals surface area contributed by atoms with Crippen molar-refractivity contribution in [1.29, 1.82) is 0 Å². The van der Waals surface area contributed by atoms with Gasteiger partial charge in [-0.1, -0.05) is 453 Å². The van der Waals surface area contributed by atoms with Crippen LogP contribution >= 0.6 is 7.82 Å². The normalized spacial score (nSPS) is 19.4. The molecule has 0 saturated carbocycles. The van der Waals surface area contributed by atoms with Gasteiger partial charge in [-0.2, -0.15) is 0 Å². The maximum absolute atomic E-state index is 15.3. The lowest BCUT2D eigenvalue weighted by molar-refractivity contribution is -0.298. The van der Waals surface area contributed by atoms with Crippen molar-refractivity contribution in [3.8, 4) is 0 Å². The average Bonchev–Trinajstić information content (AvgIpc) is 0.775. The molecular weight excluding hydrogens is 1750 g/mol. The van der Waals surface area contributed by atoms with Crippen LogP contribution in [0.4, 0.5) is 0 Å². The second-order valence-corrected chi connectivity index (χ2v) is 41.6. The zero-order valence-electron chi connectivity index (χ0n) is 87.6. The topological polar surface area (TPSA) is 365 Å². The highest BCUT2D eigenvalue weighted by Gasteiger charge is 2.54. The first kappa shape index (κ1) is 128. The van der Waals surface area contributed by atoms with Crippen LogP contribution in [0, 0.1) is 0 Å². The number of carbonyl (C=O) groups excluding carboxylic acids is 7. The molecule has 800 valence electrons. The first-order valence-corrected chi connectivity index (χ1v) is 58.5. The second-order valence-electron chi connectivity index (χ2n) is 40.4. The summed E-state index contributed by atoms with van der Waals surface area (Å²) < 4.78 is 68.8. The van der Waals surface area contributed by atoms with Crippen LogP contribution in [0.1, 0.15) is 562 Å². The van der Waals surface area contributed by atoms with Gasteiger partial charge in [0.05, 0.1) is 45.0 Å². The Labute approximate surface area is 827 Å². The van der Waals surface area contributed by atoms with Crippen molar-refractivity contribution in [2.75, 3.05) is 13.2 Å². The molecule has 2 saturated heterocycles. The van der Waals surface area contributed by atoms with E-state index in [1.165, 1.54) is 154 Å². The van der Waals surface area contributed by atoms with Gasteiger partial charge in [-0.15, -0.1) is 0 Å². The molecule has 14 atom stereocenters. The van der Waals surface area contributed by atoms with E-state index in [1.807, 2.05) is 0 Å². The molecule has 0 aromatic heterocycles. The maximum atomic E-state index is 15.3. The Morgan fingerprint density at radius 2 is 0.574 bits per heavy atom. The van der Waals surface area contributed by atoms with E-state index in [1.54, 1.807) is 0 Å². The summed E-state index contributed by atoms with van der Waals surface area (Å²) in [6.07, 6.45) is 52.6. The van der Waals surface area contributed by atoms with Gasteiger partial charge in [0, 0.05) is 19.3 Å². The van der Waals surface area contributed by atoms with Gasteiger partial charge in [0.25, 0.3) is 0 Å². The first-order chi connectivity index (χ1) is 66.1. The quantitative estimate of drug-likeness (QED) is 0.0121. The lowest BCUT2D eigenvalue weighted by Gasteiger charge is -2.46. The average molecular weight is 1960 g/mol. The fraction of sp³-hybridized carbons (Fsp3) is 0.936. The summed E-state index contributed by atoms with van der Waals surface area (Å²) in [6.45, 7) is 13.5. The molecule has 8 N–H and O–H groups in total. The number of phosphoric ester groups is 1. The van der Waals surface area contributed by atoms with Gasteiger partial charge in [-0.05, 0) is 64.2 Å². The number of hydrogen-bond donors (Lipinski definition) is 8. The third kappa shape index (κ3) is 70.7. The molecule has 0 spiro atoms. The van der Waals surface area contributed by atoms with Crippen LogP contribution < -0.4 is 10.6 Å². The number of aliphatic hydroxyl groups excluding tert-OH is 4. The van der Waals surface area contributed by atoms with Gasteiger partial charge in [0.15, 0.2) is 24.8 Å². The van der Waals surface area contributed by atoms with Crippen LogP contribution in [0.5, 0.6) is 0 Å². The molecule has 0 aliphatic carbocycles. The molecule has 2 aliphatic rings. The molecule has 25 nitrogen and oxygen atoms in total. The van der Waals surface area contributed by atoms with Gasteiger partial charge in [-0.25, -0.2) is 4.57 Å². The molecule has 136 heavy (non-hydrogen) atoms. The van der Waals surface area contributed by atoms with Crippen LogP contribution in [0.25, 0.3) is 0 Å². The lowest BCUT2D eigenvalue weighted by Crippen LogP contribution is -2.68. The summed E-state index contributed by atoms with van der Waals surface area (Å²) in [5.74, 6) is -4.97. The molecule has 0 bridgehead atoms. The van der Waals surface area contributed by atoms with E-state index >= 15 is 9.59 Å². The zero-order valence-corrected chi connectivity index (χ0v) is 88.5. The van der Waals surface area contributed by atoms with Crippen molar-refractivity contribution < 1.29 is 111 Å². The van der Waals surface area contributed by atoms with Gasteiger partial charge in [0.2, 0.25) is 11.8 Å². The summed E-state index contributed by atoms with van der Waals surface area (Å²) in [6, 6.07) is -3.53. The summed E-state index contributed by atoms with van der Waals surface area (Å²) in [4.78, 5) is 123. The van der Waals surface area contributed by atoms with Crippen molar-refractivity contribution >= 4 is 49.5 Å². The molecular formula is C110H207N2O23P. The number of esters is 5.